The topological polar surface area (TPSA) is 0 Å². The van der Waals surface area contributed by atoms with Crippen LogP contribution in [0.1, 0.15) is 11.1 Å². The number of hydrogen-bond donors (Lipinski definition) is 0. The van der Waals surface area contributed by atoms with E-state index in [1.54, 1.807) is 0 Å². The van der Waals surface area contributed by atoms with Crippen molar-refractivity contribution in [3.8, 4) is 23.7 Å². The first-order chi connectivity index (χ1) is 10.6. The average molecular weight is 317 g/mol. The summed E-state index contributed by atoms with van der Waals surface area (Å²) in [7, 11) is -0.989. The standard InChI is InChI=1S/C20H20Si2/c1-21(2)19-15-9-7-13-17(19)11-5-6-12-18-14-8-10-16-20(18)22(3)4/h7-10,13-16H,1-4H3. The first-order valence-corrected chi connectivity index (χ1v) is 12.4. The van der Waals surface area contributed by atoms with Crippen LogP contribution in [0, 0.1) is 23.7 Å². The first kappa shape index (κ1) is 16.4. The summed E-state index contributed by atoms with van der Waals surface area (Å²) in [4.78, 5) is 0. The lowest BCUT2D eigenvalue weighted by Gasteiger charge is -2.05. The lowest BCUT2D eigenvalue weighted by Crippen LogP contribution is -2.25. The monoisotopic (exact) mass is 316 g/mol. The van der Waals surface area contributed by atoms with Crippen LogP contribution < -0.4 is 10.4 Å². The van der Waals surface area contributed by atoms with Crippen LogP contribution >= 0.6 is 0 Å². The molecular weight excluding hydrogens is 296 g/mol. The van der Waals surface area contributed by atoms with Gasteiger partial charge in [0, 0.05) is 11.1 Å². The van der Waals surface area contributed by atoms with Crippen LogP contribution in [0.2, 0.25) is 26.2 Å². The highest BCUT2D eigenvalue weighted by Gasteiger charge is 2.05. The van der Waals surface area contributed by atoms with E-state index in [9.17, 15) is 0 Å². The number of rotatable bonds is 2. The van der Waals surface area contributed by atoms with E-state index in [0.29, 0.717) is 0 Å². The molecule has 2 radical (unpaired) electrons. The molecule has 0 N–H and O–H groups in total. The molecule has 0 aromatic heterocycles. The van der Waals surface area contributed by atoms with E-state index in [1.165, 1.54) is 10.4 Å². The molecule has 0 saturated heterocycles. The third-order valence-electron chi connectivity index (χ3n) is 3.39. The Kier molecular flexibility index (Phi) is 5.84. The molecule has 2 heteroatoms. The molecule has 0 saturated carbocycles. The highest BCUT2D eigenvalue weighted by molar-refractivity contribution is 6.71. The number of hydrogen-bond acceptors (Lipinski definition) is 0. The van der Waals surface area contributed by atoms with Gasteiger partial charge in [-0.1, -0.05) is 74.4 Å². The fourth-order valence-electron chi connectivity index (χ4n) is 2.25. The van der Waals surface area contributed by atoms with Gasteiger partial charge in [0.1, 0.15) is 0 Å². The van der Waals surface area contributed by atoms with Crippen LogP contribution in [0.25, 0.3) is 0 Å². The fraction of sp³-hybridized carbons (Fsp3) is 0.200. The molecule has 2 aromatic rings. The minimum absolute atomic E-state index is 0.494. The van der Waals surface area contributed by atoms with Crippen LogP contribution in [0.15, 0.2) is 48.5 Å². The van der Waals surface area contributed by atoms with E-state index in [-0.39, 0.29) is 0 Å². The average Bonchev–Trinajstić information content (AvgIpc) is 2.52. The summed E-state index contributed by atoms with van der Waals surface area (Å²) < 4.78 is 0. The molecule has 0 unspecified atom stereocenters. The molecule has 0 amide bonds. The van der Waals surface area contributed by atoms with E-state index in [1.807, 2.05) is 12.1 Å². The van der Waals surface area contributed by atoms with Gasteiger partial charge in [0.2, 0.25) is 0 Å². The third kappa shape index (κ3) is 4.24. The maximum atomic E-state index is 3.22. The van der Waals surface area contributed by atoms with Gasteiger partial charge in [-0.2, -0.15) is 0 Å². The Morgan fingerprint density at radius 2 is 0.955 bits per heavy atom. The second-order valence-corrected chi connectivity index (χ2v) is 10.7. The summed E-state index contributed by atoms with van der Waals surface area (Å²) in [6.45, 7) is 9.16. The van der Waals surface area contributed by atoms with E-state index in [2.05, 4.69) is 86.3 Å². The maximum Gasteiger partial charge on any atom is 0.0808 e. The minimum atomic E-state index is -0.494. The molecule has 0 nitrogen and oxygen atoms in total. The van der Waals surface area contributed by atoms with Gasteiger partial charge >= 0.3 is 0 Å². The molecule has 108 valence electrons. The summed E-state index contributed by atoms with van der Waals surface area (Å²) in [6.07, 6.45) is 0. The predicted molar refractivity (Wildman–Crippen MR) is 101 cm³/mol. The molecular formula is C20H20Si2. The van der Waals surface area contributed by atoms with Crippen molar-refractivity contribution in [3.63, 3.8) is 0 Å². The molecule has 2 rings (SSSR count). The van der Waals surface area contributed by atoms with Crippen molar-refractivity contribution in [1.29, 1.82) is 0 Å². The summed E-state index contributed by atoms with van der Waals surface area (Å²) in [6, 6.07) is 16.8. The zero-order chi connectivity index (χ0) is 15.9. The normalized spacial score (nSPS) is 9.91. The van der Waals surface area contributed by atoms with Crippen LogP contribution in [0.3, 0.4) is 0 Å². The van der Waals surface area contributed by atoms with E-state index in [0.717, 1.165) is 11.1 Å². The van der Waals surface area contributed by atoms with Crippen LogP contribution in [0.4, 0.5) is 0 Å². The van der Waals surface area contributed by atoms with E-state index in [4.69, 9.17) is 0 Å². The van der Waals surface area contributed by atoms with Gasteiger partial charge in [0.05, 0.1) is 17.6 Å². The Balaban J connectivity index is 2.27. The SMILES string of the molecule is C[Si](C)c1ccccc1C#CC#Cc1ccccc1[Si](C)C. The Bertz CT molecular complexity index is 698. The molecule has 0 fully saturated rings. The molecule has 0 heterocycles. The van der Waals surface area contributed by atoms with Crippen molar-refractivity contribution in [2.75, 3.05) is 0 Å². The Morgan fingerprint density at radius 3 is 1.32 bits per heavy atom. The smallest absolute Gasteiger partial charge is 0.0670 e. The van der Waals surface area contributed by atoms with Crippen molar-refractivity contribution in [2.45, 2.75) is 26.2 Å². The predicted octanol–water partition coefficient (Wildman–Crippen LogP) is 3.01. The van der Waals surface area contributed by atoms with Crippen LogP contribution in [0.5, 0.6) is 0 Å². The highest BCUT2D eigenvalue weighted by atomic mass is 28.3. The Labute approximate surface area is 137 Å². The summed E-state index contributed by atoms with van der Waals surface area (Å²) >= 11 is 0. The lowest BCUT2D eigenvalue weighted by atomic mass is 10.2. The largest absolute Gasteiger partial charge is 0.0808 e. The maximum absolute atomic E-state index is 3.22. The highest BCUT2D eigenvalue weighted by Crippen LogP contribution is 1.98. The van der Waals surface area contributed by atoms with Crippen molar-refractivity contribution < 1.29 is 0 Å². The zero-order valence-electron chi connectivity index (χ0n) is 13.6. The first-order valence-electron chi connectivity index (χ1n) is 7.40. The fourth-order valence-corrected chi connectivity index (χ4v) is 4.48. The van der Waals surface area contributed by atoms with Crippen molar-refractivity contribution >= 4 is 28.0 Å². The Hall–Kier alpha value is -2.01. The second-order valence-electron chi connectivity index (χ2n) is 5.59. The summed E-state index contributed by atoms with van der Waals surface area (Å²) in [5.41, 5.74) is 2.25. The van der Waals surface area contributed by atoms with Crippen molar-refractivity contribution in [2.24, 2.45) is 0 Å². The summed E-state index contributed by atoms with van der Waals surface area (Å²) in [5, 5.41) is 2.77. The molecule has 22 heavy (non-hydrogen) atoms. The van der Waals surface area contributed by atoms with E-state index >= 15 is 0 Å². The molecule has 0 aliphatic heterocycles. The molecule has 0 spiro atoms. The van der Waals surface area contributed by atoms with E-state index < -0.39 is 17.6 Å². The van der Waals surface area contributed by atoms with Gasteiger partial charge in [0.25, 0.3) is 0 Å². The van der Waals surface area contributed by atoms with Crippen LogP contribution in [-0.2, 0) is 0 Å². The Morgan fingerprint density at radius 1 is 0.591 bits per heavy atom. The van der Waals surface area contributed by atoms with Crippen LogP contribution in [-0.4, -0.2) is 17.6 Å². The van der Waals surface area contributed by atoms with Gasteiger partial charge in [-0.3, -0.25) is 0 Å². The molecule has 0 atom stereocenters. The second kappa shape index (κ2) is 7.85. The third-order valence-corrected chi connectivity index (χ3v) is 6.42. The molecule has 0 bridgehead atoms. The van der Waals surface area contributed by atoms with Gasteiger partial charge in [-0.15, -0.1) is 0 Å². The van der Waals surface area contributed by atoms with Gasteiger partial charge in [-0.05, 0) is 34.3 Å². The lowest BCUT2D eigenvalue weighted by molar-refractivity contribution is 1.68. The molecule has 0 aliphatic rings. The number of benzene rings is 2. The minimum Gasteiger partial charge on any atom is -0.0670 e. The van der Waals surface area contributed by atoms with Crippen molar-refractivity contribution in [1.82, 2.24) is 0 Å². The van der Waals surface area contributed by atoms with Gasteiger partial charge < -0.3 is 0 Å². The quantitative estimate of drug-likeness (QED) is 0.590. The van der Waals surface area contributed by atoms with Gasteiger partial charge in [0.15, 0.2) is 0 Å². The molecule has 0 aliphatic carbocycles. The van der Waals surface area contributed by atoms with Crippen molar-refractivity contribution in [3.05, 3.63) is 59.7 Å². The zero-order valence-corrected chi connectivity index (χ0v) is 15.6. The summed E-state index contributed by atoms with van der Waals surface area (Å²) in [5.74, 6) is 12.5. The molecule has 2 aromatic carbocycles. The van der Waals surface area contributed by atoms with Gasteiger partial charge in [-0.25, -0.2) is 0 Å².